The molecule has 268 valence electrons. The monoisotopic (exact) mass is 724 g/mol. The van der Waals surface area contributed by atoms with E-state index in [2.05, 4.69) is 13.9 Å². The molecule has 0 saturated heterocycles. The third-order valence-electron chi connectivity index (χ3n) is 5.28. The van der Waals surface area contributed by atoms with Crippen molar-refractivity contribution in [1.29, 1.82) is 0 Å². The van der Waals surface area contributed by atoms with Crippen molar-refractivity contribution < 1.29 is 57.8 Å². The molecule has 7 nitrogen and oxygen atoms in total. The first kappa shape index (κ1) is 44.1. The van der Waals surface area contributed by atoms with Gasteiger partial charge in [-0.1, -0.05) is 24.3 Å². The molecule has 17 heteroatoms. The smallest absolute Gasteiger partial charge is 0.387 e. The van der Waals surface area contributed by atoms with Crippen LogP contribution in [0.5, 0.6) is 11.5 Å². The van der Waals surface area contributed by atoms with E-state index in [4.69, 9.17) is 5.14 Å². The van der Waals surface area contributed by atoms with Crippen LogP contribution in [0.3, 0.4) is 0 Å². The van der Waals surface area contributed by atoms with E-state index >= 15 is 0 Å². The van der Waals surface area contributed by atoms with Crippen molar-refractivity contribution in [2.75, 3.05) is 0 Å². The number of hydrogen-bond donors (Lipinski definition) is 1. The van der Waals surface area contributed by atoms with Crippen LogP contribution in [0, 0.1) is 0 Å². The zero-order valence-electron chi connectivity index (χ0n) is 26.7. The highest BCUT2D eigenvalue weighted by atomic mass is 32.2. The summed E-state index contributed by atoms with van der Waals surface area (Å²) in [6.45, 7) is 4.64. The number of nitrogens with two attached hydrogens (primary N) is 1. The van der Waals surface area contributed by atoms with Crippen LogP contribution >= 0.6 is 0 Å². The summed E-state index contributed by atoms with van der Waals surface area (Å²) in [6, 6.07) is 10.7. The molecule has 2 aromatic carbocycles. The maximum Gasteiger partial charge on any atom is 0.387 e. The fourth-order valence-electron chi connectivity index (χ4n) is 2.81. The molecule has 0 bridgehead atoms. The summed E-state index contributed by atoms with van der Waals surface area (Å²) in [5.74, 6) is -0.795. The molecule has 0 aliphatic carbocycles. The topological polar surface area (TPSA) is 108 Å². The van der Waals surface area contributed by atoms with Gasteiger partial charge in [-0.15, -0.1) is 0 Å². The average Bonchev–Trinajstić information content (AvgIpc) is 2.93. The summed E-state index contributed by atoms with van der Waals surface area (Å²) in [4.78, 5) is 11.4. The van der Waals surface area contributed by atoms with Gasteiger partial charge >= 0.3 is 13.2 Å². The summed E-state index contributed by atoms with van der Waals surface area (Å²) in [6.07, 6.45) is -6.53. The maximum absolute atomic E-state index is 12.5. The third kappa shape index (κ3) is 20.8. The number of hydrogen-bond acceptors (Lipinski definition) is 5. The van der Waals surface area contributed by atoms with E-state index < -0.39 is 71.4 Å². The first-order valence-electron chi connectivity index (χ1n) is 13.9. The lowest BCUT2D eigenvalue weighted by Crippen LogP contribution is -2.27. The second kappa shape index (κ2) is 21.1. The molecule has 2 rings (SSSR count). The van der Waals surface area contributed by atoms with Crippen molar-refractivity contribution >= 4 is 33.5 Å². The molecule has 0 saturated carbocycles. The Morgan fingerprint density at radius 1 is 0.723 bits per heavy atom. The molecule has 0 amide bonds. The highest BCUT2D eigenvalue weighted by molar-refractivity contribution is 7.85. The lowest BCUT2D eigenvalue weighted by molar-refractivity contribution is -0.0505. The molecule has 2 atom stereocenters. The molecule has 47 heavy (non-hydrogen) atoms. The Kier molecular flexibility index (Phi) is 19.8. The predicted molar refractivity (Wildman–Crippen MR) is 167 cm³/mol. The lowest BCUT2D eigenvalue weighted by Gasteiger charge is -2.16. The Morgan fingerprint density at radius 2 is 1.13 bits per heavy atom. The Labute approximate surface area is 274 Å². The van der Waals surface area contributed by atoms with Gasteiger partial charge in [0.1, 0.15) is 22.5 Å². The minimum atomic E-state index is -2.99. The Morgan fingerprint density at radius 3 is 1.51 bits per heavy atom. The molecule has 0 aliphatic heterocycles. The summed E-state index contributed by atoms with van der Waals surface area (Å²) < 4.78 is 131. The normalized spacial score (nSPS) is 13.5. The Hall–Kier alpha value is -2.92. The fourth-order valence-corrected chi connectivity index (χ4v) is 3.48. The van der Waals surface area contributed by atoms with Gasteiger partial charge in [-0.3, -0.25) is 9.93 Å². The predicted octanol–water partition coefficient (Wildman–Crippen LogP) is 8.51. The van der Waals surface area contributed by atoms with Crippen LogP contribution < -0.4 is 14.6 Å². The Bertz CT molecular complexity index is 1320. The van der Waals surface area contributed by atoms with Gasteiger partial charge in [-0.05, 0) is 72.2 Å². The van der Waals surface area contributed by atoms with Gasteiger partial charge in [-0.2, -0.15) is 22.0 Å². The van der Waals surface area contributed by atoms with Gasteiger partial charge in [0.15, 0.2) is 5.78 Å². The van der Waals surface area contributed by atoms with Gasteiger partial charge in [-0.25, -0.2) is 26.0 Å². The van der Waals surface area contributed by atoms with Gasteiger partial charge < -0.3 is 9.47 Å². The van der Waals surface area contributed by atoms with Crippen molar-refractivity contribution in [3.8, 4) is 11.5 Å². The van der Waals surface area contributed by atoms with Crippen molar-refractivity contribution in [3.05, 3.63) is 59.7 Å². The summed E-state index contributed by atoms with van der Waals surface area (Å²) in [5, 5.41) is 5.04. The van der Waals surface area contributed by atoms with Gasteiger partial charge in [0.2, 0.25) is 12.9 Å². The molecule has 0 radical (unpaired) electrons. The van der Waals surface area contributed by atoms with Crippen molar-refractivity contribution in [2.24, 2.45) is 9.54 Å². The summed E-state index contributed by atoms with van der Waals surface area (Å²) in [7, 11) is -2.83. The minimum absolute atomic E-state index is 0.0869. The van der Waals surface area contributed by atoms with E-state index in [-0.39, 0.29) is 40.4 Å². The van der Waals surface area contributed by atoms with Crippen molar-refractivity contribution in [3.63, 3.8) is 0 Å². The minimum Gasteiger partial charge on any atom is -0.435 e. The molecule has 0 heterocycles. The first-order chi connectivity index (χ1) is 21.5. The van der Waals surface area contributed by atoms with Crippen LogP contribution in [0.15, 0.2) is 52.9 Å². The number of benzene rings is 2. The SMILES string of the molecule is CC(C)(C)[S@@](=O)N=C(CCC(F)F)c1cccc(OC(F)F)c1.CC(C)(C)[S@](N)=O.O=C(CCC(F)F)c1cccc(OC(F)F)c1. The number of ketones is 1. The number of nitrogens with zero attached hydrogens (tertiary/aromatic N) is 1. The maximum atomic E-state index is 12.5. The Balaban J connectivity index is 0.000000770. The largest absolute Gasteiger partial charge is 0.435 e. The van der Waals surface area contributed by atoms with Crippen LogP contribution in [0.1, 0.15) is 83.1 Å². The average molecular weight is 725 g/mol. The zero-order valence-corrected chi connectivity index (χ0v) is 28.3. The quantitative estimate of drug-likeness (QED) is 0.127. The molecule has 0 aromatic heterocycles. The molecular weight excluding hydrogens is 684 g/mol. The second-order valence-electron chi connectivity index (χ2n) is 11.4. The molecule has 0 fully saturated rings. The van der Waals surface area contributed by atoms with E-state index in [0.717, 1.165) is 6.07 Å². The van der Waals surface area contributed by atoms with E-state index in [9.17, 15) is 48.3 Å². The highest BCUT2D eigenvalue weighted by Crippen LogP contribution is 2.22. The highest BCUT2D eigenvalue weighted by Gasteiger charge is 2.21. The molecule has 0 unspecified atom stereocenters. The molecule has 2 N–H and O–H groups in total. The van der Waals surface area contributed by atoms with Crippen LogP contribution in [0.25, 0.3) is 0 Å². The van der Waals surface area contributed by atoms with Crippen LogP contribution in [0.2, 0.25) is 0 Å². The third-order valence-corrected chi connectivity index (χ3v) is 7.92. The van der Waals surface area contributed by atoms with Gasteiger partial charge in [0, 0.05) is 30.4 Å². The standard InChI is InChI=1S/C15H19F4NO2S.C11H10F4O2.C4H11NOS/c1-15(2,3)23(21)20-12(7-8-13(16)17)10-5-4-6-11(9-10)22-14(18)19;12-10(13)5-4-9(16)7-2-1-3-8(6-7)17-11(14)15;1-4(2,3)7(5)6/h4-6,9,13-14H,7-8H2,1-3H3;1-3,6,10-11H,4-5H2;5H2,1-3H3/t23-;;7-/m1.1/s1. The van der Waals surface area contributed by atoms with Crippen LogP contribution in [-0.2, 0) is 22.0 Å². The summed E-state index contributed by atoms with van der Waals surface area (Å²) in [5.41, 5.74) is 0.600. The zero-order chi connectivity index (χ0) is 36.5. The lowest BCUT2D eigenvalue weighted by atomic mass is 10.1. The number of halogens is 8. The number of alkyl halides is 8. The number of Topliss-reactive ketones (excluding diaryl/α,β-unsaturated/α-hetero) is 1. The number of carbonyl (C=O) groups excluding carboxylic acids is 1. The van der Waals surface area contributed by atoms with E-state index in [1.54, 1.807) is 20.8 Å². The van der Waals surface area contributed by atoms with E-state index in [0.29, 0.717) is 5.56 Å². The molecule has 2 aromatic rings. The molecule has 0 aliphatic rings. The number of carbonyl (C=O) groups is 1. The van der Waals surface area contributed by atoms with Crippen molar-refractivity contribution in [1.82, 2.24) is 0 Å². The second-order valence-corrected chi connectivity index (χ2v) is 15.1. The number of ether oxygens (including phenoxy) is 2. The molecule has 0 spiro atoms. The van der Waals surface area contributed by atoms with E-state index in [1.165, 1.54) is 42.5 Å². The first-order valence-corrected chi connectivity index (χ1v) is 16.2. The van der Waals surface area contributed by atoms with Crippen molar-refractivity contribution in [2.45, 2.75) is 103 Å². The van der Waals surface area contributed by atoms with Gasteiger partial charge in [0.25, 0.3) is 0 Å². The van der Waals surface area contributed by atoms with Crippen LogP contribution in [0.4, 0.5) is 35.1 Å². The van der Waals surface area contributed by atoms with E-state index in [1.807, 2.05) is 20.8 Å². The fraction of sp³-hybridized carbons (Fsp3) is 0.533. The molecular formula is C30H40F8N2O5S2. The van der Waals surface area contributed by atoms with Crippen LogP contribution in [-0.4, -0.2) is 55.5 Å². The number of rotatable bonds is 13. The van der Waals surface area contributed by atoms with Gasteiger partial charge in [0.05, 0.1) is 26.2 Å². The summed E-state index contributed by atoms with van der Waals surface area (Å²) >= 11 is 0.